The van der Waals surface area contributed by atoms with E-state index in [0.29, 0.717) is 13.1 Å². The molecule has 3 heterocycles. The summed E-state index contributed by atoms with van der Waals surface area (Å²) in [4.78, 5) is 23.5. The van der Waals surface area contributed by atoms with E-state index >= 15 is 0 Å². The van der Waals surface area contributed by atoms with Gasteiger partial charge in [0.05, 0.1) is 12.8 Å². The summed E-state index contributed by atoms with van der Waals surface area (Å²) < 4.78 is 6.19. The second-order valence-electron chi connectivity index (χ2n) is 7.51. The number of rotatable bonds is 5. The zero-order chi connectivity index (χ0) is 21.5. The Balaban J connectivity index is 1.45. The molecule has 0 aliphatic carbocycles. The minimum atomic E-state index is -0.841. The quantitative estimate of drug-likeness (QED) is 0.393. The van der Waals surface area contributed by atoms with Gasteiger partial charge < -0.3 is 14.8 Å². The van der Waals surface area contributed by atoms with Crippen LogP contribution < -0.4 is 4.74 Å². The highest BCUT2D eigenvalue weighted by Gasteiger charge is 2.33. The van der Waals surface area contributed by atoms with E-state index in [1.54, 1.807) is 18.4 Å². The third-order valence-corrected chi connectivity index (χ3v) is 7.29. The number of carbonyl (C=O) groups is 1. The van der Waals surface area contributed by atoms with Crippen LogP contribution in [0.4, 0.5) is 0 Å². The molecule has 5 rings (SSSR count). The smallest absolute Gasteiger partial charge is 0.325 e. The van der Waals surface area contributed by atoms with Gasteiger partial charge in [-0.15, -0.1) is 11.3 Å². The maximum Gasteiger partial charge on any atom is 0.325 e. The summed E-state index contributed by atoms with van der Waals surface area (Å²) in [5, 5.41) is 12.0. The van der Waals surface area contributed by atoms with Crippen LogP contribution in [-0.4, -0.2) is 39.6 Å². The zero-order valence-corrected chi connectivity index (χ0v) is 19.2. The number of aromatic amines is 1. The van der Waals surface area contributed by atoms with Crippen LogP contribution in [-0.2, 0) is 17.8 Å². The molecule has 2 aromatic heterocycles. The summed E-state index contributed by atoms with van der Waals surface area (Å²) in [5.41, 5.74) is 3.83. The highest BCUT2D eigenvalue weighted by Crippen LogP contribution is 2.37. The standard InChI is InChI=1S/C23H20BrN3O3S/c1-30-15-5-2-13(3-6-15)22-26-18-8-9-27(12-20(18)31-22)21(23(28)29)17-11-25-19-10-14(24)4-7-16(17)19/h2-7,10-11,21,25H,8-9,12H2,1H3,(H,28,29). The number of halogens is 1. The van der Waals surface area contributed by atoms with Crippen molar-refractivity contribution < 1.29 is 14.6 Å². The summed E-state index contributed by atoms with van der Waals surface area (Å²) in [6.45, 7) is 1.22. The molecule has 2 aromatic carbocycles. The number of aromatic nitrogens is 2. The first kappa shape index (κ1) is 20.2. The largest absolute Gasteiger partial charge is 0.497 e. The molecule has 4 aromatic rings. The topological polar surface area (TPSA) is 78.4 Å². The Kier molecular flexibility index (Phi) is 5.29. The van der Waals surface area contributed by atoms with Crippen molar-refractivity contribution in [1.82, 2.24) is 14.9 Å². The third kappa shape index (κ3) is 3.75. The van der Waals surface area contributed by atoms with Gasteiger partial charge in [0, 0.05) is 57.1 Å². The minimum absolute atomic E-state index is 0.573. The molecule has 0 radical (unpaired) electrons. The molecule has 8 heteroatoms. The average Bonchev–Trinajstić information content (AvgIpc) is 3.37. The molecular weight excluding hydrogens is 478 g/mol. The van der Waals surface area contributed by atoms with E-state index < -0.39 is 12.0 Å². The van der Waals surface area contributed by atoms with Crippen LogP contribution in [0.1, 0.15) is 22.2 Å². The molecule has 158 valence electrons. The summed E-state index contributed by atoms with van der Waals surface area (Å²) in [5.74, 6) is -0.0292. The molecule has 31 heavy (non-hydrogen) atoms. The van der Waals surface area contributed by atoms with Gasteiger partial charge in [0.25, 0.3) is 0 Å². The number of nitrogens with zero attached hydrogens (tertiary/aromatic N) is 2. The highest BCUT2D eigenvalue weighted by molar-refractivity contribution is 9.10. The van der Waals surface area contributed by atoms with Gasteiger partial charge in [0.1, 0.15) is 16.8 Å². The summed E-state index contributed by atoms with van der Waals surface area (Å²) in [7, 11) is 1.65. The van der Waals surface area contributed by atoms with Crippen LogP contribution in [0.3, 0.4) is 0 Å². The van der Waals surface area contributed by atoms with Gasteiger partial charge in [0.2, 0.25) is 0 Å². The van der Waals surface area contributed by atoms with Crippen molar-refractivity contribution in [2.75, 3.05) is 13.7 Å². The molecule has 0 spiro atoms. The number of fused-ring (bicyclic) bond motifs is 2. The Hall–Kier alpha value is -2.68. The fraction of sp³-hybridized carbons (Fsp3) is 0.217. The first-order chi connectivity index (χ1) is 15.0. The number of benzene rings is 2. The average molecular weight is 498 g/mol. The number of hydrogen-bond acceptors (Lipinski definition) is 5. The SMILES string of the molecule is COc1ccc(-c2nc3c(s2)CN(C(C(=O)O)c2c[nH]c4cc(Br)ccc24)CC3)cc1. The zero-order valence-electron chi connectivity index (χ0n) is 16.8. The lowest BCUT2D eigenvalue weighted by Gasteiger charge is -2.31. The van der Waals surface area contributed by atoms with Crippen molar-refractivity contribution in [2.24, 2.45) is 0 Å². The van der Waals surface area contributed by atoms with E-state index in [2.05, 4.69) is 20.9 Å². The lowest BCUT2D eigenvalue weighted by Crippen LogP contribution is -2.37. The van der Waals surface area contributed by atoms with Crippen LogP contribution in [0.25, 0.3) is 21.5 Å². The maximum absolute atomic E-state index is 12.3. The third-order valence-electron chi connectivity index (χ3n) is 5.67. The number of carboxylic acid groups (broad SMARTS) is 1. The number of nitrogens with one attached hydrogen (secondary N) is 1. The Bertz CT molecular complexity index is 1270. The fourth-order valence-corrected chi connectivity index (χ4v) is 5.63. The number of methoxy groups -OCH3 is 1. The Labute approximate surface area is 191 Å². The monoisotopic (exact) mass is 497 g/mol. The predicted molar refractivity (Wildman–Crippen MR) is 125 cm³/mol. The highest BCUT2D eigenvalue weighted by atomic mass is 79.9. The van der Waals surface area contributed by atoms with Gasteiger partial charge in [-0.05, 0) is 36.4 Å². The number of thiazole rings is 1. The van der Waals surface area contributed by atoms with Gasteiger partial charge in [-0.3, -0.25) is 9.69 Å². The minimum Gasteiger partial charge on any atom is -0.497 e. The molecule has 1 atom stereocenters. The fourth-order valence-electron chi connectivity index (χ4n) is 4.13. The molecule has 6 nitrogen and oxygen atoms in total. The van der Waals surface area contributed by atoms with Crippen molar-refractivity contribution in [1.29, 1.82) is 0 Å². The van der Waals surface area contributed by atoms with E-state index in [1.807, 2.05) is 53.6 Å². The molecule has 2 N–H and O–H groups in total. The van der Waals surface area contributed by atoms with Gasteiger partial charge in [-0.1, -0.05) is 22.0 Å². The Morgan fingerprint density at radius 1 is 1.29 bits per heavy atom. The lowest BCUT2D eigenvalue weighted by atomic mass is 10.0. The molecule has 1 aliphatic heterocycles. The van der Waals surface area contributed by atoms with E-state index in [0.717, 1.165) is 54.3 Å². The van der Waals surface area contributed by atoms with Crippen LogP contribution in [0.15, 0.2) is 53.1 Å². The van der Waals surface area contributed by atoms with Gasteiger partial charge >= 0.3 is 5.97 Å². The number of H-pyrrole nitrogens is 1. The normalized spacial score (nSPS) is 15.0. The number of carboxylic acids is 1. The van der Waals surface area contributed by atoms with Gasteiger partial charge in [-0.2, -0.15) is 0 Å². The van der Waals surface area contributed by atoms with E-state index in [1.165, 1.54) is 0 Å². The number of aliphatic carboxylic acids is 1. The van der Waals surface area contributed by atoms with Gasteiger partial charge in [-0.25, -0.2) is 4.98 Å². The first-order valence-electron chi connectivity index (χ1n) is 9.90. The number of hydrogen-bond donors (Lipinski definition) is 2. The van der Waals surface area contributed by atoms with Crippen LogP contribution in [0.5, 0.6) is 5.75 Å². The van der Waals surface area contributed by atoms with Crippen molar-refractivity contribution >= 4 is 44.1 Å². The molecule has 0 fully saturated rings. The van der Waals surface area contributed by atoms with Crippen molar-refractivity contribution in [3.05, 3.63) is 69.3 Å². The lowest BCUT2D eigenvalue weighted by molar-refractivity contribution is -0.144. The van der Waals surface area contributed by atoms with Crippen LogP contribution in [0.2, 0.25) is 0 Å². The first-order valence-corrected chi connectivity index (χ1v) is 11.5. The van der Waals surface area contributed by atoms with Crippen molar-refractivity contribution in [3.63, 3.8) is 0 Å². The molecule has 0 saturated heterocycles. The summed E-state index contributed by atoms with van der Waals surface area (Å²) >= 11 is 5.11. The second kappa shape index (κ2) is 8.11. The molecule has 0 saturated carbocycles. The summed E-state index contributed by atoms with van der Waals surface area (Å²) in [6.07, 6.45) is 2.56. The second-order valence-corrected chi connectivity index (χ2v) is 9.51. The molecule has 1 unspecified atom stereocenters. The Morgan fingerprint density at radius 3 is 2.84 bits per heavy atom. The predicted octanol–water partition coefficient (Wildman–Crippen LogP) is 5.25. The van der Waals surface area contributed by atoms with Gasteiger partial charge in [0.15, 0.2) is 0 Å². The van der Waals surface area contributed by atoms with Crippen LogP contribution in [0, 0.1) is 0 Å². The number of ether oxygens (including phenoxy) is 1. The summed E-state index contributed by atoms with van der Waals surface area (Å²) in [6, 6.07) is 13.0. The van der Waals surface area contributed by atoms with E-state index in [9.17, 15) is 9.90 Å². The van der Waals surface area contributed by atoms with Crippen molar-refractivity contribution in [3.8, 4) is 16.3 Å². The van der Waals surface area contributed by atoms with Crippen molar-refractivity contribution in [2.45, 2.75) is 19.0 Å². The molecule has 1 aliphatic rings. The maximum atomic E-state index is 12.3. The molecule has 0 bridgehead atoms. The van der Waals surface area contributed by atoms with E-state index in [4.69, 9.17) is 9.72 Å². The van der Waals surface area contributed by atoms with Crippen LogP contribution >= 0.6 is 27.3 Å². The molecular formula is C23H20BrN3O3S. The molecule has 0 amide bonds. The Morgan fingerprint density at radius 2 is 2.10 bits per heavy atom. The van der Waals surface area contributed by atoms with E-state index in [-0.39, 0.29) is 0 Å².